The maximum absolute atomic E-state index is 15.3. The number of hydrogen-bond donors (Lipinski definition) is 2. The maximum Gasteiger partial charge on any atom is 0.229 e. The Morgan fingerprint density at radius 2 is 1.67 bits per heavy atom. The van der Waals surface area contributed by atoms with Crippen LogP contribution >= 0.6 is 0 Å². The van der Waals surface area contributed by atoms with Crippen LogP contribution < -0.4 is 0 Å². The van der Waals surface area contributed by atoms with E-state index in [0.29, 0.717) is 35.5 Å². The summed E-state index contributed by atoms with van der Waals surface area (Å²) in [5.41, 5.74) is 3.84. The third-order valence-corrected chi connectivity index (χ3v) is 17.0. The molecule has 5 nitrogen and oxygen atoms in total. The Bertz CT molecular complexity index is 1580. The molecule has 2 N–H and O–H groups in total. The van der Waals surface area contributed by atoms with Crippen molar-refractivity contribution in [3.05, 3.63) is 54.5 Å². The smallest absolute Gasteiger partial charge is 0.229 e. The summed E-state index contributed by atoms with van der Waals surface area (Å²) in [7, 11) is 0. The topological polar surface area (TPSA) is 69.2 Å². The van der Waals surface area contributed by atoms with E-state index in [1.54, 1.807) is 0 Å². The van der Waals surface area contributed by atoms with Gasteiger partial charge in [-0.3, -0.25) is 4.79 Å². The lowest BCUT2D eigenvalue weighted by atomic mass is 9.32. The normalized spacial score (nSPS) is 44.7. The zero-order valence-electron chi connectivity index (χ0n) is 30.7. The number of aromatic nitrogens is 2. The SMILES string of the molecule is C=C(C)[C@@H]1CC[C@]2(C(=O)N3CCC[C@@H]3c3ncc(-c4ccccc4)[nH]3)CC[C@]3(C)[C@H](CC[C@@H]4[C@@]5(C)CC[C@H](O)C(C)(C)[C@@H]5CC[C@]43C)[C@@H]12. The molecule has 5 saturated carbocycles. The zero-order valence-corrected chi connectivity index (χ0v) is 30.7. The van der Waals surface area contributed by atoms with Gasteiger partial charge in [-0.25, -0.2) is 4.98 Å². The molecule has 5 heteroatoms. The number of nitrogens with zero attached hydrogens (tertiary/aromatic N) is 2. The van der Waals surface area contributed by atoms with E-state index in [0.717, 1.165) is 75.0 Å². The van der Waals surface area contributed by atoms with Crippen molar-refractivity contribution in [2.75, 3.05) is 6.54 Å². The highest BCUT2D eigenvalue weighted by Crippen LogP contribution is 2.77. The third-order valence-electron chi connectivity index (χ3n) is 17.0. The number of fused-ring (bicyclic) bond motifs is 7. The Morgan fingerprint density at radius 1 is 0.896 bits per heavy atom. The molecular formula is C43H61N3O2. The fourth-order valence-corrected chi connectivity index (χ4v) is 14.4. The highest BCUT2D eigenvalue weighted by molar-refractivity contribution is 5.84. The third kappa shape index (κ3) is 4.30. The van der Waals surface area contributed by atoms with E-state index in [1.165, 1.54) is 31.3 Å². The maximum atomic E-state index is 15.3. The van der Waals surface area contributed by atoms with Gasteiger partial charge in [-0.2, -0.15) is 0 Å². The lowest BCUT2D eigenvalue weighted by Crippen LogP contribution is -2.67. The summed E-state index contributed by atoms with van der Waals surface area (Å²) in [5, 5.41) is 11.1. The number of amides is 1. The van der Waals surface area contributed by atoms with Gasteiger partial charge in [0, 0.05) is 6.54 Å². The van der Waals surface area contributed by atoms with Gasteiger partial charge in [0.1, 0.15) is 5.82 Å². The number of carbonyl (C=O) groups is 1. The van der Waals surface area contributed by atoms with E-state index >= 15 is 4.79 Å². The van der Waals surface area contributed by atoms with Gasteiger partial charge in [0.05, 0.1) is 29.5 Å². The lowest BCUT2D eigenvalue weighted by Gasteiger charge is -2.73. The molecule has 1 saturated heterocycles. The van der Waals surface area contributed by atoms with Crippen molar-refractivity contribution in [2.24, 2.45) is 56.7 Å². The molecule has 8 rings (SSSR count). The monoisotopic (exact) mass is 651 g/mol. The van der Waals surface area contributed by atoms with Crippen LogP contribution in [0.5, 0.6) is 0 Å². The molecule has 1 amide bonds. The second kappa shape index (κ2) is 11.0. The molecule has 6 fully saturated rings. The molecule has 1 aromatic heterocycles. The first-order chi connectivity index (χ1) is 22.8. The van der Waals surface area contributed by atoms with Gasteiger partial charge in [-0.15, -0.1) is 0 Å². The summed E-state index contributed by atoms with van der Waals surface area (Å²) in [6.45, 7) is 20.3. The first-order valence-corrected chi connectivity index (χ1v) is 19.5. The highest BCUT2D eigenvalue weighted by atomic mass is 16.3. The van der Waals surface area contributed by atoms with Crippen LogP contribution in [0, 0.1) is 56.7 Å². The van der Waals surface area contributed by atoms with Gasteiger partial charge in [0.15, 0.2) is 0 Å². The molecule has 5 aliphatic carbocycles. The van der Waals surface area contributed by atoms with Crippen LogP contribution in [0.2, 0.25) is 0 Å². The number of carbonyl (C=O) groups excluding carboxylic acids is 1. The van der Waals surface area contributed by atoms with Crippen molar-refractivity contribution in [1.29, 1.82) is 0 Å². The molecule has 260 valence electrons. The minimum Gasteiger partial charge on any atom is -0.393 e. The first kappa shape index (κ1) is 32.8. The Balaban J connectivity index is 1.12. The van der Waals surface area contributed by atoms with E-state index in [-0.39, 0.29) is 39.2 Å². The van der Waals surface area contributed by atoms with Gasteiger partial charge in [-0.1, -0.05) is 77.1 Å². The molecule has 48 heavy (non-hydrogen) atoms. The van der Waals surface area contributed by atoms with Crippen LogP contribution in [0.25, 0.3) is 11.3 Å². The largest absolute Gasteiger partial charge is 0.393 e. The Labute approximate surface area is 289 Å². The quantitative estimate of drug-likeness (QED) is 0.324. The molecule has 6 aliphatic rings. The standard InChI is InChI=1S/C43H61N3O2/c1-27(2)29-17-22-43(38(48)46-25-11-14-32(46)37-44-26-31(45-37)28-12-9-8-10-13-28)24-23-41(6)30(36(29)43)15-16-34-40(5)20-19-35(47)39(3,4)33(40)18-21-42(34,41)7/h8-10,12-13,26,29-30,32-36,47H,1,11,14-25H2,2-7H3,(H,44,45)/t29-,30+,32+,33-,34+,35-,36+,40-,41+,42+,43-/m0/s1. The van der Waals surface area contributed by atoms with Crippen LogP contribution in [0.1, 0.15) is 130 Å². The van der Waals surface area contributed by atoms with Crippen LogP contribution in [0.3, 0.4) is 0 Å². The lowest BCUT2D eigenvalue weighted by molar-refractivity contribution is -0.247. The number of nitrogens with one attached hydrogen (secondary N) is 1. The van der Waals surface area contributed by atoms with E-state index in [9.17, 15) is 5.11 Å². The molecule has 1 aromatic carbocycles. The predicted octanol–water partition coefficient (Wildman–Crippen LogP) is 9.76. The fraction of sp³-hybridized carbons (Fsp3) is 0.721. The summed E-state index contributed by atoms with van der Waals surface area (Å²) in [6.07, 6.45) is 15.1. The van der Waals surface area contributed by atoms with Crippen LogP contribution in [-0.4, -0.2) is 38.5 Å². The average Bonchev–Trinajstić information content (AvgIpc) is 3.82. The Kier molecular flexibility index (Phi) is 7.55. The first-order valence-electron chi connectivity index (χ1n) is 19.5. The highest BCUT2D eigenvalue weighted by Gasteiger charge is 2.72. The minimum atomic E-state index is -0.299. The number of imidazole rings is 1. The van der Waals surface area contributed by atoms with Crippen molar-refractivity contribution in [1.82, 2.24) is 14.9 Å². The zero-order chi connectivity index (χ0) is 33.9. The molecule has 0 unspecified atom stereocenters. The number of H-pyrrole nitrogens is 1. The summed E-state index contributed by atoms with van der Waals surface area (Å²) >= 11 is 0. The summed E-state index contributed by atoms with van der Waals surface area (Å²) in [5.74, 6) is 3.94. The van der Waals surface area contributed by atoms with Crippen molar-refractivity contribution >= 4 is 5.91 Å². The van der Waals surface area contributed by atoms with Crippen LogP contribution in [0.4, 0.5) is 0 Å². The fourth-order valence-electron chi connectivity index (χ4n) is 14.4. The number of aliphatic hydroxyl groups is 1. The van der Waals surface area contributed by atoms with E-state index < -0.39 is 0 Å². The molecular weight excluding hydrogens is 590 g/mol. The van der Waals surface area contributed by atoms with Gasteiger partial charge in [0.25, 0.3) is 0 Å². The van der Waals surface area contributed by atoms with Crippen LogP contribution in [0.15, 0.2) is 48.7 Å². The number of likely N-dealkylation sites (tertiary alicyclic amines) is 1. The van der Waals surface area contributed by atoms with Crippen molar-refractivity contribution in [2.45, 2.75) is 131 Å². The molecule has 1 aliphatic heterocycles. The Morgan fingerprint density at radius 3 is 2.42 bits per heavy atom. The predicted molar refractivity (Wildman–Crippen MR) is 193 cm³/mol. The number of benzene rings is 1. The van der Waals surface area contributed by atoms with Gasteiger partial charge < -0.3 is 15.0 Å². The number of allylic oxidation sites excluding steroid dienone is 1. The number of rotatable bonds is 4. The molecule has 11 atom stereocenters. The van der Waals surface area contributed by atoms with Gasteiger partial charge in [-0.05, 0) is 141 Å². The Hall–Kier alpha value is -2.40. The van der Waals surface area contributed by atoms with Crippen molar-refractivity contribution < 1.29 is 9.90 Å². The van der Waals surface area contributed by atoms with Crippen molar-refractivity contribution in [3.8, 4) is 11.3 Å². The number of aliphatic hydroxyl groups excluding tert-OH is 1. The van der Waals surface area contributed by atoms with Crippen molar-refractivity contribution in [3.63, 3.8) is 0 Å². The molecule has 0 radical (unpaired) electrons. The summed E-state index contributed by atoms with van der Waals surface area (Å²) in [6, 6.07) is 10.4. The average molecular weight is 652 g/mol. The summed E-state index contributed by atoms with van der Waals surface area (Å²) in [4.78, 5) is 26.1. The molecule has 0 spiro atoms. The van der Waals surface area contributed by atoms with E-state index in [4.69, 9.17) is 4.98 Å². The molecule has 2 aromatic rings. The number of aromatic amines is 1. The number of hydrogen-bond acceptors (Lipinski definition) is 3. The van der Waals surface area contributed by atoms with Gasteiger partial charge >= 0.3 is 0 Å². The van der Waals surface area contributed by atoms with Gasteiger partial charge in [0.2, 0.25) is 5.91 Å². The minimum absolute atomic E-state index is 0.0238. The molecule has 0 bridgehead atoms. The molecule has 2 heterocycles. The second-order valence-corrected chi connectivity index (χ2v) is 18.9. The van der Waals surface area contributed by atoms with E-state index in [2.05, 4.69) is 82.3 Å². The van der Waals surface area contributed by atoms with Crippen LogP contribution in [-0.2, 0) is 4.79 Å². The van der Waals surface area contributed by atoms with E-state index in [1.807, 2.05) is 12.3 Å². The second-order valence-electron chi connectivity index (χ2n) is 18.9. The summed E-state index contributed by atoms with van der Waals surface area (Å²) < 4.78 is 0.